The molecule has 9 heteroatoms. The number of alkyl halides is 2. The summed E-state index contributed by atoms with van der Waals surface area (Å²) in [5, 5.41) is 0.122. The minimum Gasteiger partial charge on any atom is -0.398 e. The van der Waals surface area contributed by atoms with E-state index in [-0.39, 0.29) is 28.8 Å². The second kappa shape index (κ2) is 6.99. The van der Waals surface area contributed by atoms with Gasteiger partial charge in [-0.15, -0.1) is 0 Å². The second-order valence-electron chi connectivity index (χ2n) is 3.55. The summed E-state index contributed by atoms with van der Waals surface area (Å²) in [5.74, 6) is 0. The van der Waals surface area contributed by atoms with Gasteiger partial charge in [-0.1, -0.05) is 11.6 Å². The molecule has 0 aliphatic heterocycles. The number of rotatable bonds is 7. The van der Waals surface area contributed by atoms with Crippen molar-refractivity contribution in [1.82, 2.24) is 4.72 Å². The Bertz CT molecular complexity index is 526. The number of sulfonamides is 1. The third-order valence-electron chi connectivity index (χ3n) is 2.06. The first-order valence-corrected chi connectivity index (χ1v) is 7.09. The Balaban J connectivity index is 2.54. The van der Waals surface area contributed by atoms with Crippen LogP contribution in [0.15, 0.2) is 23.1 Å². The normalized spacial score (nSPS) is 12.0. The van der Waals surface area contributed by atoms with Gasteiger partial charge in [0.15, 0.2) is 0 Å². The van der Waals surface area contributed by atoms with Crippen LogP contribution in [0.2, 0.25) is 5.02 Å². The highest BCUT2D eigenvalue weighted by atomic mass is 35.5. The van der Waals surface area contributed by atoms with Crippen LogP contribution in [0.3, 0.4) is 0 Å². The summed E-state index contributed by atoms with van der Waals surface area (Å²) in [6.07, 6.45) is -2.58. The number of nitrogens with two attached hydrogens (primary N) is 1. The molecule has 5 nitrogen and oxygen atoms in total. The summed E-state index contributed by atoms with van der Waals surface area (Å²) in [6, 6.07) is 3.87. The lowest BCUT2D eigenvalue weighted by Gasteiger charge is -2.08. The van der Waals surface area contributed by atoms with E-state index in [2.05, 4.69) is 9.46 Å². The number of ether oxygens (including phenoxy) is 1. The molecule has 0 atom stereocenters. The van der Waals surface area contributed by atoms with Gasteiger partial charge in [0.25, 0.3) is 6.43 Å². The van der Waals surface area contributed by atoms with Crippen molar-refractivity contribution in [2.24, 2.45) is 0 Å². The standard InChI is InChI=1S/C10H13ClF2N2O3S/c11-8-5-7(1-2-9(8)14)19(16,17)15-3-4-18-6-10(12)13/h1-2,5,10,15H,3-4,6,14H2. The molecule has 0 heterocycles. The first kappa shape index (κ1) is 16.1. The van der Waals surface area contributed by atoms with Gasteiger partial charge in [-0.25, -0.2) is 21.9 Å². The molecule has 0 aliphatic rings. The van der Waals surface area contributed by atoms with Crippen LogP contribution in [0.1, 0.15) is 0 Å². The van der Waals surface area contributed by atoms with Gasteiger partial charge in [0.2, 0.25) is 10.0 Å². The van der Waals surface area contributed by atoms with Gasteiger partial charge < -0.3 is 10.5 Å². The van der Waals surface area contributed by atoms with Crippen molar-refractivity contribution >= 4 is 27.3 Å². The Morgan fingerprint density at radius 3 is 2.68 bits per heavy atom. The van der Waals surface area contributed by atoms with Crippen LogP contribution < -0.4 is 10.5 Å². The van der Waals surface area contributed by atoms with Crippen molar-refractivity contribution in [1.29, 1.82) is 0 Å². The maximum atomic E-state index is 11.8. The van der Waals surface area contributed by atoms with Crippen molar-refractivity contribution in [3.63, 3.8) is 0 Å². The molecule has 0 bridgehead atoms. The fourth-order valence-corrected chi connectivity index (χ4v) is 2.46. The van der Waals surface area contributed by atoms with Crippen LogP contribution in [0.25, 0.3) is 0 Å². The Kier molecular flexibility index (Phi) is 5.92. The number of hydrogen-bond acceptors (Lipinski definition) is 4. The molecule has 0 saturated heterocycles. The Hall–Kier alpha value is -0.960. The summed E-state index contributed by atoms with van der Waals surface area (Å²) < 4.78 is 53.8. The molecule has 0 radical (unpaired) electrons. The van der Waals surface area contributed by atoms with Gasteiger partial charge in [-0.05, 0) is 18.2 Å². The second-order valence-corrected chi connectivity index (χ2v) is 5.72. The lowest BCUT2D eigenvalue weighted by Crippen LogP contribution is -2.28. The average molecular weight is 315 g/mol. The lowest BCUT2D eigenvalue weighted by atomic mass is 10.3. The smallest absolute Gasteiger partial charge is 0.261 e. The van der Waals surface area contributed by atoms with E-state index in [1.807, 2.05) is 0 Å². The molecule has 1 rings (SSSR count). The number of hydrogen-bond donors (Lipinski definition) is 2. The molecule has 0 spiro atoms. The summed E-state index contributed by atoms with van der Waals surface area (Å²) in [7, 11) is -3.76. The van der Waals surface area contributed by atoms with E-state index in [0.29, 0.717) is 0 Å². The van der Waals surface area contributed by atoms with E-state index >= 15 is 0 Å². The molecule has 0 fully saturated rings. The first-order valence-electron chi connectivity index (χ1n) is 5.23. The fraction of sp³-hybridized carbons (Fsp3) is 0.400. The predicted octanol–water partition coefficient (Wildman–Crippen LogP) is 1.48. The minimum absolute atomic E-state index is 0.0550. The van der Waals surface area contributed by atoms with Gasteiger partial charge in [-0.3, -0.25) is 0 Å². The quantitative estimate of drug-likeness (QED) is 0.590. The molecule has 0 aliphatic carbocycles. The summed E-state index contributed by atoms with van der Waals surface area (Å²) in [6.45, 7) is -0.987. The van der Waals surface area contributed by atoms with Crippen molar-refractivity contribution in [3.05, 3.63) is 23.2 Å². The van der Waals surface area contributed by atoms with E-state index in [1.165, 1.54) is 18.2 Å². The van der Waals surface area contributed by atoms with Crippen LogP contribution in [-0.2, 0) is 14.8 Å². The zero-order chi connectivity index (χ0) is 14.5. The van der Waals surface area contributed by atoms with Gasteiger partial charge >= 0.3 is 0 Å². The molecule has 1 aromatic carbocycles. The van der Waals surface area contributed by atoms with Crippen LogP contribution in [-0.4, -0.2) is 34.6 Å². The maximum absolute atomic E-state index is 11.8. The van der Waals surface area contributed by atoms with Gasteiger partial charge in [0.05, 0.1) is 22.2 Å². The predicted molar refractivity (Wildman–Crippen MR) is 67.9 cm³/mol. The van der Waals surface area contributed by atoms with Crippen molar-refractivity contribution < 1.29 is 21.9 Å². The van der Waals surface area contributed by atoms with Crippen LogP contribution in [0, 0.1) is 0 Å². The van der Waals surface area contributed by atoms with Crippen LogP contribution >= 0.6 is 11.6 Å². The maximum Gasteiger partial charge on any atom is 0.261 e. The fourth-order valence-electron chi connectivity index (χ4n) is 1.18. The number of halogens is 3. The van der Waals surface area contributed by atoms with Gasteiger partial charge in [0.1, 0.15) is 6.61 Å². The van der Waals surface area contributed by atoms with E-state index in [9.17, 15) is 17.2 Å². The Morgan fingerprint density at radius 1 is 1.42 bits per heavy atom. The molecule has 1 aromatic rings. The van der Waals surface area contributed by atoms with Crippen molar-refractivity contribution in [3.8, 4) is 0 Å². The zero-order valence-electron chi connectivity index (χ0n) is 9.77. The highest BCUT2D eigenvalue weighted by Crippen LogP contribution is 2.22. The molecular weight excluding hydrogens is 302 g/mol. The molecular formula is C10H13ClF2N2O3S. The van der Waals surface area contributed by atoms with Crippen molar-refractivity contribution in [2.75, 3.05) is 25.5 Å². The van der Waals surface area contributed by atoms with Crippen LogP contribution in [0.4, 0.5) is 14.5 Å². The Morgan fingerprint density at radius 2 is 2.11 bits per heavy atom. The zero-order valence-corrected chi connectivity index (χ0v) is 11.3. The number of anilines is 1. The van der Waals surface area contributed by atoms with Crippen molar-refractivity contribution in [2.45, 2.75) is 11.3 Å². The number of benzene rings is 1. The summed E-state index contributed by atoms with van der Waals surface area (Å²) >= 11 is 5.71. The first-order chi connectivity index (χ1) is 8.83. The van der Waals surface area contributed by atoms with Gasteiger partial charge in [0, 0.05) is 6.54 Å². The van der Waals surface area contributed by atoms with Gasteiger partial charge in [-0.2, -0.15) is 0 Å². The lowest BCUT2D eigenvalue weighted by molar-refractivity contribution is 0.0199. The molecule has 0 saturated carbocycles. The molecule has 3 N–H and O–H groups in total. The van der Waals surface area contributed by atoms with E-state index in [1.54, 1.807) is 0 Å². The van der Waals surface area contributed by atoms with E-state index < -0.39 is 23.1 Å². The highest BCUT2D eigenvalue weighted by Gasteiger charge is 2.14. The largest absolute Gasteiger partial charge is 0.398 e. The Labute approximate surface area is 114 Å². The third kappa shape index (κ3) is 5.27. The highest BCUT2D eigenvalue weighted by molar-refractivity contribution is 7.89. The topological polar surface area (TPSA) is 81.4 Å². The summed E-state index contributed by atoms with van der Waals surface area (Å²) in [4.78, 5) is -0.0550. The minimum atomic E-state index is -3.76. The van der Waals surface area contributed by atoms with Crippen LogP contribution in [0.5, 0.6) is 0 Å². The number of nitrogen functional groups attached to an aromatic ring is 1. The molecule has 0 unspecified atom stereocenters. The van der Waals surface area contributed by atoms with E-state index in [0.717, 1.165) is 0 Å². The molecule has 0 amide bonds. The molecule has 19 heavy (non-hydrogen) atoms. The average Bonchev–Trinajstić information content (AvgIpc) is 2.31. The monoisotopic (exact) mass is 314 g/mol. The third-order valence-corrected chi connectivity index (χ3v) is 3.85. The summed E-state index contributed by atoms with van der Waals surface area (Å²) in [5.41, 5.74) is 5.73. The SMILES string of the molecule is Nc1ccc(S(=O)(=O)NCCOCC(F)F)cc1Cl. The van der Waals surface area contributed by atoms with E-state index in [4.69, 9.17) is 17.3 Å². The molecule has 108 valence electrons. The number of nitrogens with one attached hydrogen (secondary N) is 1. The molecule has 0 aromatic heterocycles.